The van der Waals surface area contributed by atoms with E-state index in [1.807, 2.05) is 13.0 Å². The summed E-state index contributed by atoms with van der Waals surface area (Å²) in [6.45, 7) is 6.98. The number of halogens is 1. The number of piperazine rings is 1. The van der Waals surface area contributed by atoms with Crippen LogP contribution in [-0.4, -0.2) is 43.1 Å². The molecule has 0 bridgehead atoms. The number of hydrogen-bond donors (Lipinski definition) is 1. The van der Waals surface area contributed by atoms with E-state index in [4.69, 9.17) is 0 Å². The van der Waals surface area contributed by atoms with Gasteiger partial charge in [0.25, 0.3) is 0 Å². The highest BCUT2D eigenvalue weighted by Crippen LogP contribution is 2.10. The summed E-state index contributed by atoms with van der Waals surface area (Å²) in [5.74, 6) is -0.161. The Labute approximate surface area is 102 Å². The molecule has 0 unspecified atom stereocenters. The SMILES string of the molecule is Cc1cc(F)ccc1CNN1CCN(C)CC1. The second kappa shape index (κ2) is 5.58. The van der Waals surface area contributed by atoms with Crippen LogP contribution in [-0.2, 0) is 6.54 Å². The molecule has 1 aliphatic heterocycles. The van der Waals surface area contributed by atoms with Crippen molar-refractivity contribution in [2.45, 2.75) is 13.5 Å². The zero-order valence-corrected chi connectivity index (χ0v) is 10.5. The first-order chi connectivity index (χ1) is 8.15. The number of benzene rings is 1. The fourth-order valence-corrected chi connectivity index (χ4v) is 2.02. The van der Waals surface area contributed by atoms with Crippen molar-refractivity contribution in [2.24, 2.45) is 0 Å². The van der Waals surface area contributed by atoms with Gasteiger partial charge in [0.15, 0.2) is 0 Å². The highest BCUT2D eigenvalue weighted by atomic mass is 19.1. The van der Waals surface area contributed by atoms with Gasteiger partial charge in [-0.3, -0.25) is 5.43 Å². The fourth-order valence-electron chi connectivity index (χ4n) is 2.02. The van der Waals surface area contributed by atoms with Crippen LogP contribution in [0.2, 0.25) is 0 Å². The molecule has 0 aromatic heterocycles. The molecule has 1 aromatic rings. The number of nitrogens with zero attached hydrogens (tertiary/aromatic N) is 2. The van der Waals surface area contributed by atoms with Gasteiger partial charge in [-0.05, 0) is 37.2 Å². The van der Waals surface area contributed by atoms with Crippen molar-refractivity contribution < 1.29 is 4.39 Å². The number of hydrazine groups is 1. The quantitative estimate of drug-likeness (QED) is 0.857. The van der Waals surface area contributed by atoms with Crippen molar-refractivity contribution in [3.8, 4) is 0 Å². The first-order valence-corrected chi connectivity index (χ1v) is 6.07. The number of nitrogens with one attached hydrogen (secondary N) is 1. The molecule has 17 heavy (non-hydrogen) atoms. The lowest BCUT2D eigenvalue weighted by Crippen LogP contribution is -2.50. The summed E-state index contributed by atoms with van der Waals surface area (Å²) in [6.07, 6.45) is 0. The van der Waals surface area contributed by atoms with Crippen LogP contribution >= 0.6 is 0 Å². The van der Waals surface area contributed by atoms with Crippen molar-refractivity contribution in [2.75, 3.05) is 33.2 Å². The van der Waals surface area contributed by atoms with Gasteiger partial charge in [-0.2, -0.15) is 0 Å². The van der Waals surface area contributed by atoms with E-state index in [2.05, 4.69) is 22.4 Å². The van der Waals surface area contributed by atoms with E-state index >= 15 is 0 Å². The van der Waals surface area contributed by atoms with Gasteiger partial charge in [-0.25, -0.2) is 9.40 Å². The smallest absolute Gasteiger partial charge is 0.123 e. The molecule has 4 heteroatoms. The molecule has 0 aliphatic carbocycles. The van der Waals surface area contributed by atoms with Crippen molar-refractivity contribution in [3.63, 3.8) is 0 Å². The minimum absolute atomic E-state index is 0.161. The van der Waals surface area contributed by atoms with Gasteiger partial charge in [0, 0.05) is 32.7 Å². The highest BCUT2D eigenvalue weighted by Gasteiger charge is 2.13. The number of rotatable bonds is 3. The van der Waals surface area contributed by atoms with E-state index in [1.54, 1.807) is 6.07 Å². The maximum absolute atomic E-state index is 12.9. The molecule has 0 radical (unpaired) electrons. The summed E-state index contributed by atoms with van der Waals surface area (Å²) in [5, 5.41) is 2.24. The van der Waals surface area contributed by atoms with Crippen molar-refractivity contribution >= 4 is 0 Å². The molecular weight excluding hydrogens is 217 g/mol. The summed E-state index contributed by atoms with van der Waals surface area (Å²) in [5.41, 5.74) is 5.57. The predicted octanol–water partition coefficient (Wildman–Crippen LogP) is 1.39. The molecule has 0 saturated carbocycles. The van der Waals surface area contributed by atoms with Gasteiger partial charge in [0.05, 0.1) is 0 Å². The third kappa shape index (κ3) is 3.49. The van der Waals surface area contributed by atoms with Crippen LogP contribution in [0.3, 0.4) is 0 Å². The van der Waals surface area contributed by atoms with Gasteiger partial charge in [-0.1, -0.05) is 6.07 Å². The normalized spacial score (nSPS) is 18.5. The first kappa shape index (κ1) is 12.5. The average Bonchev–Trinajstić information content (AvgIpc) is 2.30. The number of likely N-dealkylation sites (N-methyl/N-ethyl adjacent to an activating group) is 1. The Kier molecular flexibility index (Phi) is 4.10. The molecule has 94 valence electrons. The van der Waals surface area contributed by atoms with Crippen LogP contribution in [0, 0.1) is 12.7 Å². The molecule has 2 rings (SSSR count). The summed E-state index contributed by atoms with van der Waals surface area (Å²) in [4.78, 5) is 2.32. The van der Waals surface area contributed by atoms with Crippen LogP contribution in [0.1, 0.15) is 11.1 Å². The average molecular weight is 237 g/mol. The van der Waals surface area contributed by atoms with Crippen molar-refractivity contribution in [1.82, 2.24) is 15.3 Å². The number of aryl methyl sites for hydroxylation is 1. The summed E-state index contributed by atoms with van der Waals surface area (Å²) < 4.78 is 12.9. The Morgan fingerprint density at radius 2 is 1.94 bits per heavy atom. The highest BCUT2D eigenvalue weighted by molar-refractivity contribution is 5.26. The molecule has 1 heterocycles. The molecule has 0 amide bonds. The molecule has 1 fully saturated rings. The molecule has 3 nitrogen and oxygen atoms in total. The van der Waals surface area contributed by atoms with E-state index in [0.717, 1.165) is 43.9 Å². The maximum atomic E-state index is 12.9. The third-order valence-corrected chi connectivity index (χ3v) is 3.30. The number of hydrogen-bond acceptors (Lipinski definition) is 3. The van der Waals surface area contributed by atoms with Gasteiger partial charge in [0.2, 0.25) is 0 Å². The Balaban J connectivity index is 1.85. The van der Waals surface area contributed by atoms with E-state index in [9.17, 15) is 4.39 Å². The zero-order valence-electron chi connectivity index (χ0n) is 10.5. The standard InChI is InChI=1S/C13H20FN3/c1-11-9-13(14)4-3-12(11)10-15-17-7-5-16(2)6-8-17/h3-4,9,15H,5-8,10H2,1-2H3. The van der Waals surface area contributed by atoms with Crippen molar-refractivity contribution in [1.29, 1.82) is 0 Å². The molecule has 1 aliphatic rings. The van der Waals surface area contributed by atoms with E-state index in [-0.39, 0.29) is 5.82 Å². The molecule has 1 saturated heterocycles. The van der Waals surface area contributed by atoms with Crippen molar-refractivity contribution in [3.05, 3.63) is 35.1 Å². The minimum Gasteiger partial charge on any atom is -0.304 e. The summed E-state index contributed by atoms with van der Waals surface area (Å²) in [7, 11) is 2.14. The summed E-state index contributed by atoms with van der Waals surface area (Å²) >= 11 is 0. The van der Waals surface area contributed by atoms with Crippen LogP contribution in [0.5, 0.6) is 0 Å². The molecule has 1 N–H and O–H groups in total. The minimum atomic E-state index is -0.161. The van der Waals surface area contributed by atoms with E-state index in [1.165, 1.54) is 6.07 Å². The lowest BCUT2D eigenvalue weighted by Gasteiger charge is -2.32. The topological polar surface area (TPSA) is 18.5 Å². The van der Waals surface area contributed by atoms with E-state index in [0.29, 0.717) is 0 Å². The molecule has 0 spiro atoms. The van der Waals surface area contributed by atoms with Gasteiger partial charge in [0.1, 0.15) is 5.82 Å². The Bertz CT molecular complexity index is 373. The second-order valence-electron chi connectivity index (χ2n) is 4.70. The first-order valence-electron chi connectivity index (χ1n) is 6.07. The monoisotopic (exact) mass is 237 g/mol. The van der Waals surface area contributed by atoms with Crippen LogP contribution in [0.25, 0.3) is 0 Å². The largest absolute Gasteiger partial charge is 0.304 e. The van der Waals surface area contributed by atoms with Gasteiger partial charge in [-0.15, -0.1) is 0 Å². The Hall–Kier alpha value is -0.970. The lowest BCUT2D eigenvalue weighted by molar-refractivity contribution is 0.102. The fraction of sp³-hybridized carbons (Fsp3) is 0.538. The van der Waals surface area contributed by atoms with Crippen LogP contribution in [0.15, 0.2) is 18.2 Å². The molecular formula is C13H20FN3. The predicted molar refractivity (Wildman–Crippen MR) is 67.0 cm³/mol. The van der Waals surface area contributed by atoms with Gasteiger partial charge < -0.3 is 4.90 Å². The van der Waals surface area contributed by atoms with E-state index < -0.39 is 0 Å². The van der Waals surface area contributed by atoms with Crippen LogP contribution in [0.4, 0.5) is 4.39 Å². The maximum Gasteiger partial charge on any atom is 0.123 e. The Morgan fingerprint density at radius 3 is 2.59 bits per heavy atom. The lowest BCUT2D eigenvalue weighted by atomic mass is 10.1. The molecule has 1 aromatic carbocycles. The third-order valence-electron chi connectivity index (χ3n) is 3.30. The van der Waals surface area contributed by atoms with Crippen LogP contribution < -0.4 is 5.43 Å². The zero-order chi connectivity index (χ0) is 12.3. The second-order valence-corrected chi connectivity index (χ2v) is 4.70. The Morgan fingerprint density at radius 1 is 1.24 bits per heavy atom. The van der Waals surface area contributed by atoms with Gasteiger partial charge >= 0.3 is 0 Å². The molecule has 0 atom stereocenters. The summed E-state index contributed by atoms with van der Waals surface area (Å²) in [6, 6.07) is 4.96.